The highest BCUT2D eigenvalue weighted by molar-refractivity contribution is 7.92. The van der Waals surface area contributed by atoms with E-state index in [1.54, 1.807) is 60.5 Å². The SMILES string of the molecule is CN(C(=O)c1ccc2c(c1)CCN2S(=O)(=O)c1ccccc1)c1ccccc1. The maximum atomic E-state index is 13.0. The van der Waals surface area contributed by atoms with E-state index in [1.165, 1.54) is 4.31 Å². The lowest BCUT2D eigenvalue weighted by Gasteiger charge is -2.20. The summed E-state index contributed by atoms with van der Waals surface area (Å²) >= 11 is 0. The van der Waals surface area contributed by atoms with E-state index in [4.69, 9.17) is 0 Å². The van der Waals surface area contributed by atoms with Crippen LogP contribution in [0.15, 0.2) is 83.8 Å². The van der Waals surface area contributed by atoms with Crippen LogP contribution >= 0.6 is 0 Å². The van der Waals surface area contributed by atoms with Crippen molar-refractivity contribution in [2.24, 2.45) is 0 Å². The first kappa shape index (κ1) is 18.3. The molecule has 3 aromatic rings. The minimum absolute atomic E-state index is 0.127. The first-order valence-electron chi connectivity index (χ1n) is 9.02. The molecule has 0 N–H and O–H groups in total. The number of carbonyl (C=O) groups is 1. The van der Waals surface area contributed by atoms with Crippen LogP contribution < -0.4 is 9.21 Å². The number of rotatable bonds is 4. The number of anilines is 2. The Hall–Kier alpha value is -3.12. The third-order valence-electron chi connectivity index (χ3n) is 4.96. The third-order valence-corrected chi connectivity index (χ3v) is 6.79. The molecule has 28 heavy (non-hydrogen) atoms. The van der Waals surface area contributed by atoms with Crippen LogP contribution in [0.1, 0.15) is 15.9 Å². The standard InChI is InChI=1S/C22H20N2O3S/c1-23(19-8-4-2-5-9-19)22(25)18-12-13-21-17(16-18)14-15-24(21)28(26,27)20-10-6-3-7-11-20/h2-13,16H,14-15H2,1H3. The summed E-state index contributed by atoms with van der Waals surface area (Å²) in [6, 6.07) is 23.1. The Kier molecular flexibility index (Phi) is 4.65. The van der Waals surface area contributed by atoms with Crippen LogP contribution in [-0.2, 0) is 16.4 Å². The van der Waals surface area contributed by atoms with E-state index in [2.05, 4.69) is 0 Å². The van der Waals surface area contributed by atoms with Crippen LogP contribution in [0.3, 0.4) is 0 Å². The topological polar surface area (TPSA) is 57.7 Å². The molecular weight excluding hydrogens is 372 g/mol. The van der Waals surface area contributed by atoms with Gasteiger partial charge in [-0.3, -0.25) is 9.10 Å². The summed E-state index contributed by atoms with van der Waals surface area (Å²) in [5.74, 6) is -0.127. The van der Waals surface area contributed by atoms with Gasteiger partial charge in [0, 0.05) is 24.8 Å². The number of fused-ring (bicyclic) bond motifs is 1. The number of hydrogen-bond donors (Lipinski definition) is 0. The molecule has 1 aliphatic rings. The number of benzene rings is 3. The Bertz CT molecular complexity index is 1110. The number of nitrogens with zero attached hydrogens (tertiary/aromatic N) is 2. The van der Waals surface area contributed by atoms with E-state index in [-0.39, 0.29) is 10.8 Å². The number of hydrogen-bond acceptors (Lipinski definition) is 3. The van der Waals surface area contributed by atoms with E-state index >= 15 is 0 Å². The van der Waals surface area contributed by atoms with Gasteiger partial charge in [0.2, 0.25) is 0 Å². The quantitative estimate of drug-likeness (QED) is 0.680. The molecular formula is C22H20N2O3S. The number of amides is 1. The van der Waals surface area contributed by atoms with Gasteiger partial charge in [-0.05, 0) is 54.4 Å². The fourth-order valence-electron chi connectivity index (χ4n) is 3.44. The Morgan fingerprint density at radius 1 is 0.929 bits per heavy atom. The molecule has 0 atom stereocenters. The van der Waals surface area contributed by atoms with Gasteiger partial charge in [0.05, 0.1) is 10.6 Å². The Morgan fingerprint density at radius 2 is 1.57 bits per heavy atom. The van der Waals surface area contributed by atoms with Gasteiger partial charge < -0.3 is 4.90 Å². The summed E-state index contributed by atoms with van der Waals surface area (Å²) in [4.78, 5) is 14.7. The lowest BCUT2D eigenvalue weighted by atomic mass is 10.1. The second kappa shape index (κ2) is 7.13. The molecule has 5 nitrogen and oxygen atoms in total. The van der Waals surface area contributed by atoms with Gasteiger partial charge in [0.1, 0.15) is 0 Å². The second-order valence-corrected chi connectivity index (χ2v) is 8.55. The average Bonchev–Trinajstić information content (AvgIpc) is 3.18. The zero-order chi connectivity index (χ0) is 19.7. The maximum Gasteiger partial charge on any atom is 0.264 e. The van der Waals surface area contributed by atoms with Gasteiger partial charge in [-0.2, -0.15) is 0 Å². The molecule has 0 aliphatic carbocycles. The maximum absolute atomic E-state index is 13.0. The van der Waals surface area contributed by atoms with E-state index in [0.29, 0.717) is 24.2 Å². The summed E-state index contributed by atoms with van der Waals surface area (Å²) in [5, 5.41) is 0. The summed E-state index contributed by atoms with van der Waals surface area (Å²) in [6.07, 6.45) is 0.581. The first-order chi connectivity index (χ1) is 13.5. The molecule has 0 bridgehead atoms. The van der Waals surface area contributed by atoms with Crippen molar-refractivity contribution in [1.82, 2.24) is 0 Å². The third kappa shape index (κ3) is 3.16. The van der Waals surface area contributed by atoms with E-state index < -0.39 is 10.0 Å². The van der Waals surface area contributed by atoms with Crippen molar-refractivity contribution in [2.75, 3.05) is 22.8 Å². The zero-order valence-corrected chi connectivity index (χ0v) is 16.3. The summed E-state index contributed by atoms with van der Waals surface area (Å²) < 4.78 is 27.3. The number of para-hydroxylation sites is 1. The number of carbonyl (C=O) groups excluding carboxylic acids is 1. The van der Waals surface area contributed by atoms with Crippen LogP contribution in [0.5, 0.6) is 0 Å². The molecule has 1 aliphatic heterocycles. The fourth-order valence-corrected chi connectivity index (χ4v) is 4.96. The van der Waals surface area contributed by atoms with Gasteiger partial charge in [0.15, 0.2) is 0 Å². The molecule has 0 spiro atoms. The molecule has 142 valence electrons. The fraction of sp³-hybridized carbons (Fsp3) is 0.136. The predicted octanol–water partition coefficient (Wildman–Crippen LogP) is 3.71. The Labute approximate surface area is 164 Å². The molecule has 3 aromatic carbocycles. The van der Waals surface area contributed by atoms with Gasteiger partial charge >= 0.3 is 0 Å². The lowest BCUT2D eigenvalue weighted by Crippen LogP contribution is -2.29. The largest absolute Gasteiger partial charge is 0.311 e. The molecule has 1 amide bonds. The highest BCUT2D eigenvalue weighted by atomic mass is 32.2. The zero-order valence-electron chi connectivity index (χ0n) is 15.4. The first-order valence-corrected chi connectivity index (χ1v) is 10.5. The lowest BCUT2D eigenvalue weighted by molar-refractivity contribution is 0.0993. The smallest absolute Gasteiger partial charge is 0.264 e. The summed E-state index contributed by atoms with van der Waals surface area (Å²) in [7, 11) is -1.87. The molecule has 0 radical (unpaired) electrons. The normalized spacial score (nSPS) is 13.2. The van der Waals surface area contributed by atoms with Gasteiger partial charge in [-0.15, -0.1) is 0 Å². The van der Waals surface area contributed by atoms with Crippen molar-refractivity contribution in [1.29, 1.82) is 0 Å². The average molecular weight is 392 g/mol. The van der Waals surface area contributed by atoms with E-state index in [9.17, 15) is 13.2 Å². The Balaban J connectivity index is 1.63. The van der Waals surface area contributed by atoms with Crippen LogP contribution in [0.2, 0.25) is 0 Å². The van der Waals surface area contributed by atoms with Crippen molar-refractivity contribution in [3.8, 4) is 0 Å². The summed E-state index contributed by atoms with van der Waals surface area (Å²) in [6.45, 7) is 0.374. The molecule has 0 aromatic heterocycles. The van der Waals surface area contributed by atoms with Crippen molar-refractivity contribution in [2.45, 2.75) is 11.3 Å². The van der Waals surface area contributed by atoms with Crippen molar-refractivity contribution in [3.63, 3.8) is 0 Å². The van der Waals surface area contributed by atoms with Crippen molar-refractivity contribution >= 4 is 27.3 Å². The van der Waals surface area contributed by atoms with Crippen molar-refractivity contribution in [3.05, 3.63) is 90.0 Å². The van der Waals surface area contributed by atoms with Crippen LogP contribution in [0.25, 0.3) is 0 Å². The van der Waals surface area contributed by atoms with Gasteiger partial charge in [0.25, 0.3) is 15.9 Å². The van der Waals surface area contributed by atoms with Gasteiger partial charge in [-0.25, -0.2) is 8.42 Å². The molecule has 1 heterocycles. The highest BCUT2D eigenvalue weighted by Crippen LogP contribution is 2.34. The van der Waals surface area contributed by atoms with Crippen LogP contribution in [0.4, 0.5) is 11.4 Å². The molecule has 0 fully saturated rings. The molecule has 4 rings (SSSR count). The van der Waals surface area contributed by atoms with E-state index in [1.807, 2.05) is 30.3 Å². The van der Waals surface area contributed by atoms with Crippen LogP contribution in [-0.4, -0.2) is 27.9 Å². The van der Waals surface area contributed by atoms with Gasteiger partial charge in [-0.1, -0.05) is 36.4 Å². The Morgan fingerprint density at radius 3 is 2.25 bits per heavy atom. The molecule has 0 saturated heterocycles. The molecule has 0 unspecified atom stereocenters. The van der Waals surface area contributed by atoms with Crippen LogP contribution in [0, 0.1) is 0 Å². The number of sulfonamides is 1. The molecule has 0 saturated carbocycles. The van der Waals surface area contributed by atoms with Crippen molar-refractivity contribution < 1.29 is 13.2 Å². The highest BCUT2D eigenvalue weighted by Gasteiger charge is 2.31. The predicted molar refractivity (Wildman–Crippen MR) is 110 cm³/mol. The molecule has 6 heteroatoms. The van der Waals surface area contributed by atoms with E-state index in [0.717, 1.165) is 11.3 Å². The minimum atomic E-state index is -3.61. The summed E-state index contributed by atoms with van der Waals surface area (Å²) in [5.41, 5.74) is 2.86. The second-order valence-electron chi connectivity index (χ2n) is 6.68. The minimum Gasteiger partial charge on any atom is -0.311 e. The monoisotopic (exact) mass is 392 g/mol.